The molecule has 0 radical (unpaired) electrons. The van der Waals surface area contributed by atoms with E-state index in [-0.39, 0.29) is 11.9 Å². The molecule has 0 saturated carbocycles. The maximum absolute atomic E-state index is 14.0. The van der Waals surface area contributed by atoms with Crippen LogP contribution in [0.2, 0.25) is 0 Å². The molecule has 0 aliphatic carbocycles. The average Bonchev–Trinajstić information content (AvgIpc) is 2.85. The SMILES string of the molecule is CNC(c1ccc(OC)cc1F)C1CCOC1. The zero-order valence-corrected chi connectivity index (χ0v) is 10.2. The highest BCUT2D eigenvalue weighted by Crippen LogP contribution is 2.31. The van der Waals surface area contributed by atoms with Gasteiger partial charge in [-0.15, -0.1) is 0 Å². The van der Waals surface area contributed by atoms with Crippen LogP contribution in [0.25, 0.3) is 0 Å². The molecule has 3 nitrogen and oxygen atoms in total. The van der Waals surface area contributed by atoms with Gasteiger partial charge in [0.1, 0.15) is 11.6 Å². The van der Waals surface area contributed by atoms with Gasteiger partial charge in [-0.3, -0.25) is 0 Å². The zero-order valence-electron chi connectivity index (χ0n) is 10.2. The third kappa shape index (κ3) is 2.58. The number of methoxy groups -OCH3 is 1. The van der Waals surface area contributed by atoms with Gasteiger partial charge in [0.25, 0.3) is 0 Å². The van der Waals surface area contributed by atoms with Crippen molar-refractivity contribution < 1.29 is 13.9 Å². The van der Waals surface area contributed by atoms with E-state index in [1.807, 2.05) is 7.05 Å². The van der Waals surface area contributed by atoms with Gasteiger partial charge in [-0.1, -0.05) is 6.07 Å². The van der Waals surface area contributed by atoms with Crippen LogP contribution < -0.4 is 10.1 Å². The fourth-order valence-corrected chi connectivity index (χ4v) is 2.35. The standard InChI is InChI=1S/C13H18FNO2/c1-15-13(9-5-6-17-8-9)11-4-3-10(16-2)7-12(11)14/h3-4,7,9,13,15H,5-6,8H2,1-2H3. The maximum Gasteiger partial charge on any atom is 0.131 e. The van der Waals surface area contributed by atoms with Gasteiger partial charge in [-0.2, -0.15) is 0 Å². The smallest absolute Gasteiger partial charge is 0.131 e. The first-order valence-electron chi connectivity index (χ1n) is 5.84. The Labute approximate surface area is 101 Å². The number of hydrogen-bond donors (Lipinski definition) is 1. The highest BCUT2D eigenvalue weighted by atomic mass is 19.1. The van der Waals surface area contributed by atoms with Gasteiger partial charge in [-0.25, -0.2) is 4.39 Å². The topological polar surface area (TPSA) is 30.5 Å². The lowest BCUT2D eigenvalue weighted by Gasteiger charge is -2.23. The molecule has 0 bridgehead atoms. The molecule has 4 heteroatoms. The van der Waals surface area contributed by atoms with Crippen molar-refractivity contribution in [3.63, 3.8) is 0 Å². The van der Waals surface area contributed by atoms with Gasteiger partial charge < -0.3 is 14.8 Å². The highest BCUT2D eigenvalue weighted by Gasteiger charge is 2.27. The minimum absolute atomic E-state index is 0.00315. The fraction of sp³-hybridized carbons (Fsp3) is 0.538. The summed E-state index contributed by atoms with van der Waals surface area (Å²) >= 11 is 0. The number of ether oxygens (including phenoxy) is 2. The van der Waals surface area contributed by atoms with Crippen molar-refractivity contribution in [1.82, 2.24) is 5.32 Å². The van der Waals surface area contributed by atoms with Crippen molar-refractivity contribution in [1.29, 1.82) is 0 Å². The van der Waals surface area contributed by atoms with Gasteiger partial charge in [0, 0.05) is 30.2 Å². The maximum atomic E-state index is 14.0. The van der Waals surface area contributed by atoms with E-state index >= 15 is 0 Å². The minimum Gasteiger partial charge on any atom is -0.497 e. The molecule has 17 heavy (non-hydrogen) atoms. The Morgan fingerprint density at radius 3 is 2.88 bits per heavy atom. The summed E-state index contributed by atoms with van der Waals surface area (Å²) in [6, 6.07) is 5.00. The molecule has 2 rings (SSSR count). The molecule has 1 aliphatic heterocycles. The van der Waals surface area contributed by atoms with E-state index in [1.165, 1.54) is 13.2 Å². The molecule has 1 N–H and O–H groups in total. The Morgan fingerprint density at radius 2 is 2.35 bits per heavy atom. The molecule has 1 aromatic rings. The molecule has 0 spiro atoms. The molecule has 2 atom stereocenters. The quantitative estimate of drug-likeness (QED) is 0.873. The molecule has 0 aromatic heterocycles. The van der Waals surface area contributed by atoms with E-state index in [0.717, 1.165) is 13.0 Å². The molecule has 0 amide bonds. The van der Waals surface area contributed by atoms with Crippen molar-refractivity contribution in [3.05, 3.63) is 29.6 Å². The van der Waals surface area contributed by atoms with Gasteiger partial charge >= 0.3 is 0 Å². The lowest BCUT2D eigenvalue weighted by molar-refractivity contribution is 0.177. The second-order valence-electron chi connectivity index (χ2n) is 4.28. The van der Waals surface area contributed by atoms with Crippen LogP contribution >= 0.6 is 0 Å². The summed E-state index contributed by atoms with van der Waals surface area (Å²) in [5, 5.41) is 3.18. The predicted octanol–water partition coefficient (Wildman–Crippen LogP) is 2.13. The van der Waals surface area contributed by atoms with Crippen LogP contribution in [0, 0.1) is 11.7 Å². The minimum atomic E-state index is -0.226. The summed E-state index contributed by atoms with van der Waals surface area (Å²) in [5.41, 5.74) is 0.684. The molecule has 1 saturated heterocycles. The number of halogens is 1. The predicted molar refractivity (Wildman–Crippen MR) is 63.7 cm³/mol. The van der Waals surface area contributed by atoms with Gasteiger partial charge in [-0.05, 0) is 19.5 Å². The molecule has 1 aliphatic rings. The fourth-order valence-electron chi connectivity index (χ4n) is 2.35. The molecule has 1 aromatic carbocycles. The van der Waals surface area contributed by atoms with Gasteiger partial charge in [0.2, 0.25) is 0 Å². The van der Waals surface area contributed by atoms with Crippen LogP contribution in [0.5, 0.6) is 5.75 Å². The highest BCUT2D eigenvalue weighted by molar-refractivity contribution is 5.31. The zero-order chi connectivity index (χ0) is 12.3. The average molecular weight is 239 g/mol. The molecular formula is C13H18FNO2. The first-order chi connectivity index (χ1) is 8.26. The summed E-state index contributed by atoms with van der Waals surface area (Å²) < 4.78 is 24.3. The van der Waals surface area contributed by atoms with E-state index in [4.69, 9.17) is 9.47 Å². The van der Waals surface area contributed by atoms with Crippen LogP contribution in [-0.4, -0.2) is 27.4 Å². The molecule has 1 fully saturated rings. The van der Waals surface area contributed by atoms with E-state index in [9.17, 15) is 4.39 Å². The Balaban J connectivity index is 2.23. The second-order valence-corrected chi connectivity index (χ2v) is 4.28. The summed E-state index contributed by atoms with van der Waals surface area (Å²) in [5.74, 6) is 0.655. The van der Waals surface area contributed by atoms with Crippen LogP contribution in [0.1, 0.15) is 18.0 Å². The van der Waals surface area contributed by atoms with Crippen molar-refractivity contribution in [3.8, 4) is 5.75 Å². The monoisotopic (exact) mass is 239 g/mol. The lowest BCUT2D eigenvalue weighted by atomic mass is 9.92. The van der Waals surface area contributed by atoms with Crippen molar-refractivity contribution in [2.45, 2.75) is 12.5 Å². The van der Waals surface area contributed by atoms with Crippen LogP contribution in [0.15, 0.2) is 18.2 Å². The summed E-state index contributed by atoms with van der Waals surface area (Å²) in [6.07, 6.45) is 0.969. The van der Waals surface area contributed by atoms with Crippen LogP contribution in [0.4, 0.5) is 4.39 Å². The van der Waals surface area contributed by atoms with Gasteiger partial charge in [0.05, 0.1) is 13.7 Å². The third-order valence-corrected chi connectivity index (χ3v) is 3.29. The number of benzene rings is 1. The Morgan fingerprint density at radius 1 is 1.53 bits per heavy atom. The number of nitrogens with one attached hydrogen (secondary N) is 1. The number of hydrogen-bond acceptors (Lipinski definition) is 3. The van der Waals surface area contributed by atoms with E-state index < -0.39 is 0 Å². The van der Waals surface area contributed by atoms with Crippen molar-refractivity contribution in [2.75, 3.05) is 27.4 Å². The van der Waals surface area contributed by atoms with Crippen molar-refractivity contribution >= 4 is 0 Å². The third-order valence-electron chi connectivity index (χ3n) is 3.29. The Hall–Kier alpha value is -1.13. The summed E-state index contributed by atoms with van der Waals surface area (Å²) in [7, 11) is 3.39. The Kier molecular flexibility index (Phi) is 3.97. The number of rotatable bonds is 4. The first-order valence-corrected chi connectivity index (χ1v) is 5.84. The summed E-state index contributed by atoms with van der Waals surface area (Å²) in [4.78, 5) is 0. The first kappa shape index (κ1) is 12.3. The van der Waals surface area contributed by atoms with E-state index in [0.29, 0.717) is 23.8 Å². The largest absolute Gasteiger partial charge is 0.497 e. The van der Waals surface area contributed by atoms with E-state index in [2.05, 4.69) is 5.32 Å². The van der Waals surface area contributed by atoms with Gasteiger partial charge in [0.15, 0.2) is 0 Å². The van der Waals surface area contributed by atoms with Crippen LogP contribution in [0.3, 0.4) is 0 Å². The van der Waals surface area contributed by atoms with Crippen molar-refractivity contribution in [2.24, 2.45) is 5.92 Å². The van der Waals surface area contributed by atoms with E-state index in [1.54, 1.807) is 12.1 Å². The lowest BCUT2D eigenvalue weighted by Crippen LogP contribution is -2.26. The van der Waals surface area contributed by atoms with Crippen LogP contribution in [-0.2, 0) is 4.74 Å². The summed E-state index contributed by atoms with van der Waals surface area (Å²) in [6.45, 7) is 1.46. The second kappa shape index (κ2) is 5.47. The molecule has 1 heterocycles. The normalized spacial score (nSPS) is 21.5. The Bertz CT molecular complexity index is 378. The molecule has 2 unspecified atom stereocenters. The molecule has 94 valence electrons. The molecular weight excluding hydrogens is 221 g/mol.